The van der Waals surface area contributed by atoms with Crippen molar-refractivity contribution >= 4 is 17.9 Å². The zero-order valence-corrected chi connectivity index (χ0v) is 14.6. The number of nitrogens with two attached hydrogens (primary N) is 1. The van der Waals surface area contributed by atoms with Gasteiger partial charge in [0.1, 0.15) is 5.75 Å². The van der Waals surface area contributed by atoms with Crippen LogP contribution in [0.2, 0.25) is 0 Å². The summed E-state index contributed by atoms with van der Waals surface area (Å²) in [5.41, 5.74) is 10.5. The van der Waals surface area contributed by atoms with Gasteiger partial charge in [-0.15, -0.1) is 0 Å². The van der Waals surface area contributed by atoms with Crippen LogP contribution < -0.4 is 10.5 Å². The summed E-state index contributed by atoms with van der Waals surface area (Å²) in [6, 6.07) is 16.5. The van der Waals surface area contributed by atoms with Crippen LogP contribution in [0.25, 0.3) is 12.2 Å². The Morgan fingerprint density at radius 2 is 1.88 bits per heavy atom. The van der Waals surface area contributed by atoms with Gasteiger partial charge >= 0.3 is 0 Å². The zero-order chi connectivity index (χ0) is 17.6. The molecule has 2 aromatic rings. The quantitative estimate of drug-likeness (QED) is 0.851. The SMILES string of the molecule is COc1ccc(/C=C/c2cccc(CC3=NC(N)N(C)C=C3)c2)cc1. The zero-order valence-electron chi connectivity index (χ0n) is 14.6. The molecule has 0 bridgehead atoms. The normalized spacial score (nSPS) is 17.0. The van der Waals surface area contributed by atoms with E-state index in [0.29, 0.717) is 0 Å². The number of ether oxygens (including phenoxy) is 1. The molecule has 0 fully saturated rings. The molecule has 0 aromatic heterocycles. The van der Waals surface area contributed by atoms with Crippen molar-refractivity contribution in [3.63, 3.8) is 0 Å². The van der Waals surface area contributed by atoms with E-state index in [1.165, 1.54) is 5.56 Å². The second-order valence-electron chi connectivity index (χ2n) is 6.04. The van der Waals surface area contributed by atoms with Gasteiger partial charge in [-0.05, 0) is 34.9 Å². The Morgan fingerprint density at radius 1 is 1.12 bits per heavy atom. The molecule has 2 N–H and O–H groups in total. The van der Waals surface area contributed by atoms with Gasteiger partial charge in [0.05, 0.1) is 7.11 Å². The fourth-order valence-corrected chi connectivity index (χ4v) is 2.62. The lowest BCUT2D eigenvalue weighted by Crippen LogP contribution is -2.37. The Morgan fingerprint density at radius 3 is 2.60 bits per heavy atom. The Hall–Kier alpha value is -2.85. The molecule has 0 saturated heterocycles. The van der Waals surface area contributed by atoms with Crippen LogP contribution in [0.4, 0.5) is 0 Å². The molecule has 128 valence electrons. The highest BCUT2D eigenvalue weighted by atomic mass is 16.5. The lowest BCUT2D eigenvalue weighted by Gasteiger charge is -2.23. The van der Waals surface area contributed by atoms with Crippen LogP contribution in [0.5, 0.6) is 5.75 Å². The van der Waals surface area contributed by atoms with Crippen LogP contribution in [0.15, 0.2) is 65.8 Å². The molecule has 4 nitrogen and oxygen atoms in total. The molecular formula is C21H23N3O. The average molecular weight is 333 g/mol. The van der Waals surface area contributed by atoms with Gasteiger partial charge in [0.25, 0.3) is 0 Å². The number of hydrogen-bond acceptors (Lipinski definition) is 4. The van der Waals surface area contributed by atoms with Gasteiger partial charge in [-0.3, -0.25) is 5.73 Å². The predicted octanol–water partition coefficient (Wildman–Crippen LogP) is 3.55. The Labute approximate surface area is 148 Å². The van der Waals surface area contributed by atoms with E-state index in [0.717, 1.165) is 29.0 Å². The number of hydrogen-bond donors (Lipinski definition) is 1. The second kappa shape index (κ2) is 7.81. The number of aliphatic imine (C=N–C) groups is 1. The minimum Gasteiger partial charge on any atom is -0.497 e. The van der Waals surface area contributed by atoms with E-state index >= 15 is 0 Å². The topological polar surface area (TPSA) is 50.9 Å². The average Bonchev–Trinajstić information content (AvgIpc) is 2.64. The molecule has 4 heteroatoms. The van der Waals surface area contributed by atoms with Gasteiger partial charge in [0, 0.05) is 25.4 Å². The highest BCUT2D eigenvalue weighted by Gasteiger charge is 2.10. The van der Waals surface area contributed by atoms with Crippen molar-refractivity contribution in [2.24, 2.45) is 10.7 Å². The van der Waals surface area contributed by atoms with Crippen LogP contribution in [-0.4, -0.2) is 31.1 Å². The standard InChI is InChI=1S/C21H23N3O/c1-24-13-12-19(23-21(24)22)15-18-5-3-4-17(14-18)7-6-16-8-10-20(25-2)11-9-16/h3-14,21H,15,22H2,1-2H3/b7-6+. The first kappa shape index (κ1) is 17.0. The largest absolute Gasteiger partial charge is 0.497 e. The smallest absolute Gasteiger partial charge is 0.173 e. The fraction of sp³-hybridized carbons (Fsp3) is 0.190. The van der Waals surface area contributed by atoms with Crippen LogP contribution in [0.1, 0.15) is 16.7 Å². The lowest BCUT2D eigenvalue weighted by molar-refractivity contribution is 0.343. The fourth-order valence-electron chi connectivity index (χ4n) is 2.62. The Bertz CT molecular complexity index is 806. The monoisotopic (exact) mass is 333 g/mol. The molecule has 0 radical (unpaired) electrons. The van der Waals surface area contributed by atoms with E-state index in [2.05, 4.69) is 41.4 Å². The molecule has 0 saturated carbocycles. The van der Waals surface area contributed by atoms with Gasteiger partial charge < -0.3 is 9.64 Å². The second-order valence-corrected chi connectivity index (χ2v) is 6.04. The van der Waals surface area contributed by atoms with Crippen LogP contribution in [0, 0.1) is 0 Å². The number of nitrogens with zero attached hydrogens (tertiary/aromatic N) is 2. The van der Waals surface area contributed by atoms with Crippen molar-refractivity contribution in [3.05, 3.63) is 77.5 Å². The van der Waals surface area contributed by atoms with Gasteiger partial charge in [-0.1, -0.05) is 48.6 Å². The summed E-state index contributed by atoms with van der Waals surface area (Å²) >= 11 is 0. The summed E-state index contributed by atoms with van der Waals surface area (Å²) in [7, 11) is 3.60. The van der Waals surface area contributed by atoms with E-state index in [1.807, 2.05) is 48.5 Å². The molecule has 1 unspecified atom stereocenters. The van der Waals surface area contributed by atoms with E-state index in [4.69, 9.17) is 10.5 Å². The summed E-state index contributed by atoms with van der Waals surface area (Å²) in [6.07, 6.45) is 8.69. The van der Waals surface area contributed by atoms with E-state index < -0.39 is 0 Å². The predicted molar refractivity (Wildman–Crippen MR) is 104 cm³/mol. The van der Waals surface area contributed by atoms with Crippen LogP contribution >= 0.6 is 0 Å². The first-order valence-electron chi connectivity index (χ1n) is 8.27. The van der Waals surface area contributed by atoms with Crippen molar-refractivity contribution in [1.29, 1.82) is 0 Å². The Kier molecular flexibility index (Phi) is 5.31. The maximum atomic E-state index is 5.95. The molecule has 1 heterocycles. The maximum absolute atomic E-state index is 5.95. The van der Waals surface area contributed by atoms with Crippen molar-refractivity contribution in [1.82, 2.24) is 4.90 Å². The molecule has 1 atom stereocenters. The molecule has 3 rings (SSSR count). The molecule has 1 aliphatic heterocycles. The van der Waals surface area contributed by atoms with Gasteiger partial charge in [0.2, 0.25) is 0 Å². The van der Waals surface area contributed by atoms with Gasteiger partial charge in [0.15, 0.2) is 6.29 Å². The van der Waals surface area contributed by atoms with E-state index in [1.54, 1.807) is 7.11 Å². The van der Waals surface area contributed by atoms with Gasteiger partial charge in [-0.2, -0.15) is 0 Å². The number of allylic oxidation sites excluding steroid dienone is 1. The van der Waals surface area contributed by atoms with Crippen LogP contribution in [0.3, 0.4) is 0 Å². The lowest BCUT2D eigenvalue weighted by atomic mass is 10.0. The first-order valence-corrected chi connectivity index (χ1v) is 8.27. The van der Waals surface area contributed by atoms with E-state index in [9.17, 15) is 0 Å². The summed E-state index contributed by atoms with van der Waals surface area (Å²) in [5, 5.41) is 0. The molecule has 25 heavy (non-hydrogen) atoms. The molecule has 2 aromatic carbocycles. The van der Waals surface area contributed by atoms with Gasteiger partial charge in [-0.25, -0.2) is 4.99 Å². The number of methoxy groups -OCH3 is 1. The maximum Gasteiger partial charge on any atom is 0.173 e. The molecule has 1 aliphatic rings. The number of benzene rings is 2. The van der Waals surface area contributed by atoms with Crippen molar-refractivity contribution < 1.29 is 4.74 Å². The van der Waals surface area contributed by atoms with Crippen molar-refractivity contribution in [2.45, 2.75) is 12.7 Å². The summed E-state index contributed by atoms with van der Waals surface area (Å²) < 4.78 is 5.18. The molecular weight excluding hydrogens is 310 g/mol. The highest BCUT2D eigenvalue weighted by Crippen LogP contribution is 2.15. The summed E-state index contributed by atoms with van der Waals surface area (Å²) in [6.45, 7) is 0. The minimum absolute atomic E-state index is 0.293. The van der Waals surface area contributed by atoms with Crippen molar-refractivity contribution in [3.8, 4) is 5.75 Å². The van der Waals surface area contributed by atoms with Crippen molar-refractivity contribution in [2.75, 3.05) is 14.2 Å². The molecule has 0 aliphatic carbocycles. The first-order chi connectivity index (χ1) is 12.1. The van der Waals surface area contributed by atoms with E-state index in [-0.39, 0.29) is 6.29 Å². The molecule has 0 amide bonds. The Balaban J connectivity index is 1.70. The third-order valence-electron chi connectivity index (χ3n) is 4.14. The number of rotatable bonds is 5. The van der Waals surface area contributed by atoms with Crippen LogP contribution in [-0.2, 0) is 6.42 Å². The summed E-state index contributed by atoms with van der Waals surface area (Å²) in [5.74, 6) is 0.865. The minimum atomic E-state index is -0.293. The molecule has 0 spiro atoms. The third kappa shape index (κ3) is 4.58. The third-order valence-corrected chi connectivity index (χ3v) is 4.14. The highest BCUT2D eigenvalue weighted by molar-refractivity contribution is 5.97. The summed E-state index contributed by atoms with van der Waals surface area (Å²) in [4.78, 5) is 6.39.